The number of rotatable bonds is 3. The minimum absolute atomic E-state index is 0.725. The number of nitrogens with one attached hydrogen (secondary N) is 1. The van der Waals surface area contributed by atoms with Crippen molar-refractivity contribution in [2.45, 2.75) is 45.1 Å². The second-order valence-corrected chi connectivity index (χ2v) is 6.26. The molecule has 0 radical (unpaired) electrons. The standard InChI is InChI=1S/C16H27N5/c1-13-12-15(19-16(17-2)18-13)21-10-6-14(7-11-21)20-8-4-3-5-9-20/h12,14H,3-11H2,1-2H3,(H,17,18,19). The molecule has 0 unspecified atom stereocenters. The third-order valence-corrected chi connectivity index (χ3v) is 4.76. The molecule has 1 aromatic heterocycles. The molecule has 3 heterocycles. The molecule has 21 heavy (non-hydrogen) atoms. The lowest BCUT2D eigenvalue weighted by Gasteiger charge is -2.40. The van der Waals surface area contributed by atoms with Gasteiger partial charge in [0.05, 0.1) is 0 Å². The molecule has 2 saturated heterocycles. The molecule has 0 amide bonds. The van der Waals surface area contributed by atoms with Crippen LogP contribution in [0.25, 0.3) is 0 Å². The normalized spacial score (nSPS) is 21.5. The maximum Gasteiger partial charge on any atom is 0.224 e. The Morgan fingerprint density at radius 3 is 2.43 bits per heavy atom. The Balaban J connectivity index is 1.61. The number of hydrogen-bond donors (Lipinski definition) is 1. The van der Waals surface area contributed by atoms with E-state index in [4.69, 9.17) is 0 Å². The van der Waals surface area contributed by atoms with E-state index in [-0.39, 0.29) is 0 Å². The highest BCUT2D eigenvalue weighted by molar-refractivity contribution is 5.45. The van der Waals surface area contributed by atoms with Crippen LogP contribution in [0, 0.1) is 6.92 Å². The van der Waals surface area contributed by atoms with Crippen LogP contribution in [0.1, 0.15) is 37.8 Å². The average Bonchev–Trinajstić information content (AvgIpc) is 2.55. The van der Waals surface area contributed by atoms with Crippen molar-refractivity contribution in [2.75, 3.05) is 43.4 Å². The third-order valence-electron chi connectivity index (χ3n) is 4.76. The highest BCUT2D eigenvalue weighted by Gasteiger charge is 2.26. The first-order valence-corrected chi connectivity index (χ1v) is 8.28. The van der Waals surface area contributed by atoms with Gasteiger partial charge >= 0.3 is 0 Å². The maximum absolute atomic E-state index is 4.60. The molecular weight excluding hydrogens is 262 g/mol. The minimum Gasteiger partial charge on any atom is -0.357 e. The zero-order valence-electron chi connectivity index (χ0n) is 13.3. The van der Waals surface area contributed by atoms with Crippen LogP contribution < -0.4 is 10.2 Å². The van der Waals surface area contributed by atoms with E-state index in [9.17, 15) is 0 Å². The zero-order valence-corrected chi connectivity index (χ0v) is 13.3. The average molecular weight is 289 g/mol. The van der Waals surface area contributed by atoms with Gasteiger partial charge in [-0.2, -0.15) is 4.98 Å². The number of nitrogens with zero attached hydrogens (tertiary/aromatic N) is 4. The number of likely N-dealkylation sites (tertiary alicyclic amines) is 1. The summed E-state index contributed by atoms with van der Waals surface area (Å²) in [6, 6.07) is 2.88. The lowest BCUT2D eigenvalue weighted by molar-refractivity contribution is 0.141. The monoisotopic (exact) mass is 289 g/mol. The van der Waals surface area contributed by atoms with Crippen molar-refractivity contribution in [3.05, 3.63) is 11.8 Å². The van der Waals surface area contributed by atoms with Gasteiger partial charge in [0.2, 0.25) is 5.95 Å². The summed E-state index contributed by atoms with van der Waals surface area (Å²) in [5, 5.41) is 3.05. The number of piperidine rings is 2. The van der Waals surface area contributed by atoms with Crippen LogP contribution in [0.3, 0.4) is 0 Å². The van der Waals surface area contributed by atoms with Crippen molar-refractivity contribution in [2.24, 2.45) is 0 Å². The molecule has 0 aliphatic carbocycles. The third kappa shape index (κ3) is 3.46. The lowest BCUT2D eigenvalue weighted by atomic mass is 10.00. The maximum atomic E-state index is 4.60. The van der Waals surface area contributed by atoms with Gasteiger partial charge in [-0.25, -0.2) is 4.98 Å². The second-order valence-electron chi connectivity index (χ2n) is 6.26. The van der Waals surface area contributed by atoms with Crippen molar-refractivity contribution in [3.63, 3.8) is 0 Å². The van der Waals surface area contributed by atoms with Crippen LogP contribution >= 0.6 is 0 Å². The van der Waals surface area contributed by atoms with Gasteiger partial charge in [0, 0.05) is 37.9 Å². The fraction of sp³-hybridized carbons (Fsp3) is 0.750. The SMILES string of the molecule is CNc1nc(C)cc(N2CCC(N3CCCCC3)CC2)n1. The summed E-state index contributed by atoms with van der Waals surface area (Å²) in [6.45, 7) is 6.87. The zero-order chi connectivity index (χ0) is 14.7. The molecule has 2 aliphatic heterocycles. The Labute approximate surface area is 127 Å². The highest BCUT2D eigenvalue weighted by Crippen LogP contribution is 2.24. The van der Waals surface area contributed by atoms with Gasteiger partial charge < -0.3 is 15.1 Å². The molecule has 0 saturated carbocycles. The number of anilines is 2. The predicted molar refractivity (Wildman–Crippen MR) is 87.0 cm³/mol. The van der Waals surface area contributed by atoms with Crippen LogP contribution in [0.5, 0.6) is 0 Å². The Morgan fingerprint density at radius 1 is 1.05 bits per heavy atom. The van der Waals surface area contributed by atoms with Gasteiger partial charge in [0.15, 0.2) is 0 Å². The van der Waals surface area contributed by atoms with E-state index in [1.54, 1.807) is 0 Å². The molecule has 0 aromatic carbocycles. The smallest absolute Gasteiger partial charge is 0.224 e. The first kappa shape index (κ1) is 14.6. The van der Waals surface area contributed by atoms with Gasteiger partial charge in [-0.3, -0.25) is 0 Å². The van der Waals surface area contributed by atoms with E-state index in [1.807, 2.05) is 14.0 Å². The fourth-order valence-corrected chi connectivity index (χ4v) is 3.57. The van der Waals surface area contributed by atoms with Gasteiger partial charge in [0.25, 0.3) is 0 Å². The first-order valence-electron chi connectivity index (χ1n) is 8.28. The Bertz CT molecular complexity index is 462. The summed E-state index contributed by atoms with van der Waals surface area (Å²) in [5.74, 6) is 1.80. The summed E-state index contributed by atoms with van der Waals surface area (Å²) in [7, 11) is 1.88. The highest BCUT2D eigenvalue weighted by atomic mass is 15.3. The van der Waals surface area contributed by atoms with Crippen LogP contribution in [0.4, 0.5) is 11.8 Å². The number of hydrogen-bond acceptors (Lipinski definition) is 5. The minimum atomic E-state index is 0.725. The van der Waals surface area contributed by atoms with Crippen molar-refractivity contribution in [3.8, 4) is 0 Å². The Kier molecular flexibility index (Phi) is 4.58. The Hall–Kier alpha value is -1.36. The van der Waals surface area contributed by atoms with Crippen LogP contribution in [0.15, 0.2) is 6.07 Å². The van der Waals surface area contributed by atoms with Crippen molar-refractivity contribution >= 4 is 11.8 Å². The largest absolute Gasteiger partial charge is 0.357 e. The summed E-state index contributed by atoms with van der Waals surface area (Å²) in [5.41, 5.74) is 1.03. The molecule has 5 nitrogen and oxygen atoms in total. The molecule has 2 aliphatic rings. The van der Waals surface area contributed by atoms with Crippen molar-refractivity contribution in [1.29, 1.82) is 0 Å². The molecule has 2 fully saturated rings. The van der Waals surface area contributed by atoms with Crippen molar-refractivity contribution < 1.29 is 0 Å². The van der Waals surface area contributed by atoms with Crippen LogP contribution in [-0.4, -0.2) is 54.1 Å². The molecule has 5 heteroatoms. The van der Waals surface area contributed by atoms with E-state index in [0.717, 1.165) is 36.6 Å². The summed E-state index contributed by atoms with van der Waals surface area (Å²) >= 11 is 0. The van der Waals surface area contributed by atoms with E-state index in [2.05, 4.69) is 31.2 Å². The number of aryl methyl sites for hydroxylation is 1. The fourth-order valence-electron chi connectivity index (χ4n) is 3.57. The number of aromatic nitrogens is 2. The molecule has 0 spiro atoms. The lowest BCUT2D eigenvalue weighted by Crippen LogP contribution is -2.47. The van der Waals surface area contributed by atoms with E-state index < -0.39 is 0 Å². The summed E-state index contributed by atoms with van der Waals surface area (Å²) < 4.78 is 0. The van der Waals surface area contributed by atoms with Gasteiger partial charge in [-0.15, -0.1) is 0 Å². The molecule has 0 bridgehead atoms. The second kappa shape index (κ2) is 6.60. The molecular formula is C16H27N5. The van der Waals surface area contributed by atoms with Gasteiger partial charge in [-0.1, -0.05) is 6.42 Å². The van der Waals surface area contributed by atoms with Gasteiger partial charge in [0.1, 0.15) is 5.82 Å². The van der Waals surface area contributed by atoms with E-state index in [1.165, 1.54) is 45.2 Å². The molecule has 0 atom stereocenters. The van der Waals surface area contributed by atoms with E-state index >= 15 is 0 Å². The summed E-state index contributed by atoms with van der Waals surface area (Å²) in [4.78, 5) is 14.1. The van der Waals surface area contributed by atoms with E-state index in [0.29, 0.717) is 0 Å². The Morgan fingerprint density at radius 2 is 1.76 bits per heavy atom. The first-order chi connectivity index (χ1) is 10.3. The van der Waals surface area contributed by atoms with Crippen LogP contribution in [0.2, 0.25) is 0 Å². The molecule has 116 valence electrons. The van der Waals surface area contributed by atoms with Gasteiger partial charge in [-0.05, 0) is 45.7 Å². The van der Waals surface area contributed by atoms with Crippen LogP contribution in [-0.2, 0) is 0 Å². The van der Waals surface area contributed by atoms with Crippen molar-refractivity contribution in [1.82, 2.24) is 14.9 Å². The topological polar surface area (TPSA) is 44.3 Å². The summed E-state index contributed by atoms with van der Waals surface area (Å²) in [6.07, 6.45) is 6.71. The predicted octanol–water partition coefficient (Wildman–Crippen LogP) is 2.28. The molecule has 1 N–H and O–H groups in total. The molecule has 3 rings (SSSR count). The quantitative estimate of drug-likeness (QED) is 0.925. The molecule has 1 aromatic rings.